The van der Waals surface area contributed by atoms with Crippen LogP contribution in [0.1, 0.15) is 44.0 Å². The van der Waals surface area contributed by atoms with E-state index in [-0.39, 0.29) is 23.9 Å². The monoisotopic (exact) mass is 424 g/mol. The van der Waals surface area contributed by atoms with Gasteiger partial charge in [-0.15, -0.1) is 12.4 Å². The van der Waals surface area contributed by atoms with E-state index >= 15 is 0 Å². The molecule has 1 aromatic heterocycles. The number of piperidine rings is 1. The molecular formula is C21H30Cl2N4O. The first-order valence-corrected chi connectivity index (χ1v) is 9.98. The number of likely N-dealkylation sites (tertiary alicyclic amines) is 1. The summed E-state index contributed by atoms with van der Waals surface area (Å²) in [5, 5.41) is 8.60. The molecule has 1 fully saturated rings. The number of nitrogens with one attached hydrogen (secondary N) is 1. The van der Waals surface area contributed by atoms with E-state index in [4.69, 9.17) is 16.7 Å². The van der Waals surface area contributed by atoms with Crippen LogP contribution >= 0.6 is 24.0 Å². The lowest BCUT2D eigenvalue weighted by molar-refractivity contribution is 0.0675. The number of benzene rings is 1. The van der Waals surface area contributed by atoms with Crippen LogP contribution < -0.4 is 5.32 Å². The highest BCUT2D eigenvalue weighted by molar-refractivity contribution is 6.33. The molecule has 1 aromatic carbocycles. The summed E-state index contributed by atoms with van der Waals surface area (Å²) in [4.78, 5) is 15.4. The van der Waals surface area contributed by atoms with Crippen LogP contribution in [0.3, 0.4) is 0 Å². The maximum Gasteiger partial charge on any atom is 0.257 e. The zero-order valence-corrected chi connectivity index (χ0v) is 18.6. The summed E-state index contributed by atoms with van der Waals surface area (Å²) < 4.78 is 1.87. The fourth-order valence-corrected chi connectivity index (χ4v) is 3.83. The van der Waals surface area contributed by atoms with Crippen LogP contribution in [-0.2, 0) is 5.54 Å². The summed E-state index contributed by atoms with van der Waals surface area (Å²) in [6.07, 6.45) is 4.07. The van der Waals surface area contributed by atoms with Gasteiger partial charge in [0.25, 0.3) is 5.91 Å². The molecule has 1 saturated heterocycles. The highest BCUT2D eigenvalue weighted by Gasteiger charge is 2.29. The minimum atomic E-state index is -0.217. The highest BCUT2D eigenvalue weighted by atomic mass is 35.5. The van der Waals surface area contributed by atoms with Crippen molar-refractivity contribution >= 4 is 29.9 Å². The Labute approximate surface area is 178 Å². The highest BCUT2D eigenvalue weighted by Crippen LogP contribution is 2.32. The molecule has 1 aliphatic heterocycles. The second kappa shape index (κ2) is 9.29. The lowest BCUT2D eigenvalue weighted by Gasteiger charge is -2.32. The number of carbonyl (C=O) groups excluding carboxylic acids is 1. The molecule has 1 aliphatic rings. The van der Waals surface area contributed by atoms with Crippen molar-refractivity contribution in [3.63, 3.8) is 0 Å². The number of carbonyl (C=O) groups is 1. The van der Waals surface area contributed by atoms with E-state index in [1.54, 1.807) is 0 Å². The first-order valence-electron chi connectivity index (χ1n) is 9.60. The first-order chi connectivity index (χ1) is 12.8. The van der Waals surface area contributed by atoms with Gasteiger partial charge in [0.2, 0.25) is 0 Å². The smallest absolute Gasteiger partial charge is 0.257 e. The van der Waals surface area contributed by atoms with E-state index in [9.17, 15) is 4.79 Å². The Bertz CT molecular complexity index is 811. The third-order valence-corrected chi connectivity index (χ3v) is 5.39. The van der Waals surface area contributed by atoms with Gasteiger partial charge in [0.1, 0.15) is 5.69 Å². The van der Waals surface area contributed by atoms with Crippen molar-refractivity contribution in [1.82, 2.24) is 20.0 Å². The number of aromatic nitrogens is 2. The van der Waals surface area contributed by atoms with Crippen molar-refractivity contribution in [1.29, 1.82) is 0 Å². The Balaban J connectivity index is 0.00000280. The van der Waals surface area contributed by atoms with Crippen LogP contribution in [0.15, 0.2) is 30.5 Å². The van der Waals surface area contributed by atoms with Crippen molar-refractivity contribution in [3.05, 3.63) is 41.0 Å². The van der Waals surface area contributed by atoms with E-state index in [1.807, 2.05) is 47.1 Å². The van der Waals surface area contributed by atoms with E-state index in [0.717, 1.165) is 38.0 Å². The molecule has 1 N–H and O–H groups in total. The molecule has 0 saturated carbocycles. The van der Waals surface area contributed by atoms with Crippen molar-refractivity contribution < 1.29 is 4.79 Å². The summed E-state index contributed by atoms with van der Waals surface area (Å²) in [5.41, 5.74) is 1.87. The fourth-order valence-electron chi connectivity index (χ4n) is 3.60. The molecule has 0 spiro atoms. The van der Waals surface area contributed by atoms with Crippen LogP contribution in [0, 0.1) is 5.92 Å². The molecule has 1 amide bonds. The van der Waals surface area contributed by atoms with Crippen LogP contribution in [0.5, 0.6) is 0 Å². The quantitative estimate of drug-likeness (QED) is 0.788. The average molecular weight is 425 g/mol. The van der Waals surface area contributed by atoms with E-state index in [0.29, 0.717) is 22.2 Å². The summed E-state index contributed by atoms with van der Waals surface area (Å²) in [6.45, 7) is 8.74. The van der Waals surface area contributed by atoms with Gasteiger partial charge < -0.3 is 10.2 Å². The van der Waals surface area contributed by atoms with Gasteiger partial charge in [0, 0.05) is 24.8 Å². The van der Waals surface area contributed by atoms with Crippen molar-refractivity contribution in [3.8, 4) is 11.3 Å². The number of hydrogen-bond donors (Lipinski definition) is 1. The van der Waals surface area contributed by atoms with E-state index < -0.39 is 0 Å². The average Bonchev–Trinajstić information content (AvgIpc) is 3.07. The Morgan fingerprint density at radius 3 is 2.68 bits per heavy atom. The van der Waals surface area contributed by atoms with Crippen LogP contribution in [0.4, 0.5) is 0 Å². The molecule has 0 bridgehead atoms. The van der Waals surface area contributed by atoms with Crippen LogP contribution in [-0.4, -0.2) is 47.3 Å². The van der Waals surface area contributed by atoms with Gasteiger partial charge in [0.15, 0.2) is 0 Å². The molecule has 2 heterocycles. The first kappa shape index (κ1) is 22.7. The largest absolute Gasteiger partial charge is 0.338 e. The molecule has 1 atom stereocenters. The number of amides is 1. The molecule has 154 valence electrons. The Hall–Kier alpha value is -1.56. The summed E-state index contributed by atoms with van der Waals surface area (Å²) in [6, 6.07) is 7.58. The molecule has 7 heteroatoms. The van der Waals surface area contributed by atoms with Crippen molar-refractivity contribution in [2.75, 3.05) is 26.7 Å². The number of halogens is 2. The topological polar surface area (TPSA) is 50.2 Å². The minimum Gasteiger partial charge on any atom is -0.338 e. The standard InChI is InChI=1S/C21H29ClN4O.ClH/c1-21(2,3)26-14-17(19(24-26)16-9-5-6-10-18(16)22)20(27)25-11-7-8-15(13-25)12-23-4;/h5-6,9-10,14-15,23H,7-8,11-13H2,1-4H3;1H. The summed E-state index contributed by atoms with van der Waals surface area (Å²) in [5.74, 6) is 0.537. The number of nitrogens with zero attached hydrogens (tertiary/aromatic N) is 3. The van der Waals surface area contributed by atoms with Gasteiger partial charge in [-0.25, -0.2) is 0 Å². The van der Waals surface area contributed by atoms with Crippen molar-refractivity contribution in [2.24, 2.45) is 5.92 Å². The van der Waals surface area contributed by atoms with Gasteiger partial charge >= 0.3 is 0 Å². The molecule has 0 radical (unpaired) electrons. The third kappa shape index (κ3) is 4.88. The molecule has 1 unspecified atom stereocenters. The molecule has 5 nitrogen and oxygen atoms in total. The molecular weight excluding hydrogens is 395 g/mol. The van der Waals surface area contributed by atoms with Gasteiger partial charge in [0.05, 0.1) is 16.1 Å². The molecule has 0 aliphatic carbocycles. The maximum absolute atomic E-state index is 13.4. The normalized spacial score (nSPS) is 17.3. The van der Waals surface area contributed by atoms with Gasteiger partial charge in [-0.1, -0.05) is 29.8 Å². The van der Waals surface area contributed by atoms with Gasteiger partial charge in [-0.05, 0) is 59.2 Å². The Kier molecular flexibility index (Phi) is 7.54. The number of hydrogen-bond acceptors (Lipinski definition) is 3. The number of rotatable bonds is 4. The fraction of sp³-hybridized carbons (Fsp3) is 0.524. The zero-order chi connectivity index (χ0) is 19.6. The third-order valence-electron chi connectivity index (χ3n) is 5.06. The van der Waals surface area contributed by atoms with Gasteiger partial charge in [-0.3, -0.25) is 9.48 Å². The predicted molar refractivity (Wildman–Crippen MR) is 117 cm³/mol. The molecule has 28 heavy (non-hydrogen) atoms. The van der Waals surface area contributed by atoms with Crippen LogP contribution in [0.2, 0.25) is 5.02 Å². The second-order valence-electron chi connectivity index (χ2n) is 8.30. The van der Waals surface area contributed by atoms with E-state index in [1.165, 1.54) is 0 Å². The lowest BCUT2D eigenvalue weighted by Crippen LogP contribution is -2.42. The SMILES string of the molecule is CNCC1CCCN(C(=O)c2cn(C(C)(C)C)nc2-c2ccccc2Cl)C1.Cl. The minimum absolute atomic E-state index is 0. The molecule has 3 rings (SSSR count). The van der Waals surface area contributed by atoms with Crippen molar-refractivity contribution in [2.45, 2.75) is 39.2 Å². The van der Waals surface area contributed by atoms with E-state index in [2.05, 4.69) is 26.1 Å². The Morgan fingerprint density at radius 1 is 1.32 bits per heavy atom. The second-order valence-corrected chi connectivity index (χ2v) is 8.71. The summed E-state index contributed by atoms with van der Waals surface area (Å²) >= 11 is 6.43. The predicted octanol–water partition coefficient (Wildman–Crippen LogP) is 4.45. The Morgan fingerprint density at radius 2 is 2.04 bits per heavy atom. The zero-order valence-electron chi connectivity index (χ0n) is 17.0. The summed E-state index contributed by atoms with van der Waals surface area (Å²) in [7, 11) is 1.96. The maximum atomic E-state index is 13.4. The van der Waals surface area contributed by atoms with Gasteiger partial charge in [-0.2, -0.15) is 5.10 Å². The van der Waals surface area contributed by atoms with Crippen LogP contribution in [0.25, 0.3) is 11.3 Å². The lowest BCUT2D eigenvalue weighted by atomic mass is 9.97. The molecule has 2 aromatic rings.